The number of carbonyl (C=O) groups excluding carboxylic acids is 15. The number of carboxylic acids is 2. The highest BCUT2D eigenvalue weighted by Crippen LogP contribution is 2.22. The van der Waals surface area contributed by atoms with Gasteiger partial charge in [0.05, 0.1) is 31.6 Å². The van der Waals surface area contributed by atoms with Gasteiger partial charge in [-0.3, -0.25) is 92.9 Å². The highest BCUT2D eigenvalue weighted by atomic mass is 16.4. The highest BCUT2D eigenvalue weighted by Gasteiger charge is 2.43. The maximum absolute atomic E-state index is 15.3. The molecule has 4 aromatic rings. The molecule has 744 valence electrons. The maximum atomic E-state index is 15.3. The van der Waals surface area contributed by atoms with Crippen molar-refractivity contribution in [3.8, 4) is 0 Å². The van der Waals surface area contributed by atoms with Crippen LogP contribution in [-0.4, -0.2) is 292 Å². The van der Waals surface area contributed by atoms with Crippen molar-refractivity contribution in [2.75, 3.05) is 32.8 Å². The molecule has 35 N–H and O–H groups in total. The molecule has 51 nitrogen and oxygen atoms in total. The number of aromatic amines is 3. The molecule has 0 saturated carbocycles. The number of aliphatic hydroxyl groups is 1. The van der Waals surface area contributed by atoms with Gasteiger partial charge in [-0.25, -0.2) is 19.7 Å². The number of carbonyl (C=O) groups is 17. The van der Waals surface area contributed by atoms with E-state index in [0.29, 0.717) is 12.0 Å². The first-order valence-electron chi connectivity index (χ1n) is 44.4. The highest BCUT2D eigenvalue weighted by molar-refractivity contribution is 6.01. The van der Waals surface area contributed by atoms with Gasteiger partial charge >= 0.3 is 11.9 Å². The number of rotatable bonds is 60. The van der Waals surface area contributed by atoms with E-state index in [2.05, 4.69) is 115 Å². The molecule has 135 heavy (non-hydrogen) atoms. The summed E-state index contributed by atoms with van der Waals surface area (Å²) < 4.78 is 0. The van der Waals surface area contributed by atoms with Gasteiger partial charge in [-0.15, -0.1) is 0 Å². The third kappa shape index (κ3) is 39.1. The minimum atomic E-state index is -1.89. The number of H-pyrrole nitrogens is 3. The Bertz CT molecular complexity index is 4640. The number of hydrogen-bond acceptors (Lipinski definition) is 25. The molecule has 3 aromatic heterocycles. The van der Waals surface area contributed by atoms with Gasteiger partial charge in [-0.05, 0) is 99.9 Å². The molecule has 1 aromatic carbocycles. The van der Waals surface area contributed by atoms with Crippen LogP contribution in [0.3, 0.4) is 0 Å². The summed E-state index contributed by atoms with van der Waals surface area (Å²) in [5.41, 5.74) is 29.5. The fourth-order valence-corrected chi connectivity index (χ4v) is 14.4. The number of nitrogens with two attached hydrogens (primary N) is 5. The number of nitrogens with zero attached hydrogens (tertiary/aromatic N) is 4. The molecule has 51 heteroatoms. The predicted octanol–water partition coefficient (Wildman–Crippen LogP) is -7.24. The molecule has 1 aliphatic rings. The molecule has 0 radical (unpaired) electrons. The van der Waals surface area contributed by atoms with Crippen LogP contribution >= 0.6 is 0 Å². The van der Waals surface area contributed by atoms with E-state index in [1.54, 1.807) is 58.0 Å². The lowest BCUT2D eigenvalue weighted by molar-refractivity contribution is -0.143. The van der Waals surface area contributed by atoms with Gasteiger partial charge in [-0.1, -0.05) is 85.7 Å². The quantitative estimate of drug-likeness (QED) is 0.0111. The number of carboxylic acid groups (broad SMARTS) is 2. The molecule has 0 unspecified atom stereocenters. The number of aromatic nitrogens is 6. The topological polar surface area (TPSA) is 834 Å². The average molecular weight is 1900 g/mol. The Morgan fingerprint density at radius 1 is 0.422 bits per heavy atom. The van der Waals surface area contributed by atoms with Crippen molar-refractivity contribution >= 4 is 118 Å². The number of guanidine groups is 3. The number of amides is 15. The van der Waals surface area contributed by atoms with Gasteiger partial charge in [0.15, 0.2) is 17.9 Å². The monoisotopic (exact) mass is 1900 g/mol. The smallest absolute Gasteiger partial charge is 0.326 e. The van der Waals surface area contributed by atoms with Crippen LogP contribution in [0.1, 0.15) is 162 Å². The predicted molar refractivity (Wildman–Crippen MR) is 486 cm³/mol. The van der Waals surface area contributed by atoms with Gasteiger partial charge in [0, 0.05) is 100 Å². The molecule has 0 bridgehead atoms. The van der Waals surface area contributed by atoms with Crippen molar-refractivity contribution in [1.29, 1.82) is 16.2 Å². The summed E-state index contributed by atoms with van der Waals surface area (Å²) in [4.78, 5) is 261. The number of aliphatic hydroxyl groups excluding tert-OH is 1. The van der Waals surface area contributed by atoms with Crippen molar-refractivity contribution in [1.82, 2.24) is 120 Å². The van der Waals surface area contributed by atoms with Crippen LogP contribution in [-0.2, 0) is 107 Å². The van der Waals surface area contributed by atoms with E-state index in [1.165, 1.54) is 56.3 Å². The molecule has 0 aliphatic carbocycles. The SMILES string of the molecule is CC(C)C[C@H](N)C(=O)N[C@H](C(=O)N[C@@H](CCCNC(=N)N)C(=O)N[C@@H](CCCNC(=N)N)C(=O)N[C@@H](Cc1ccccc1)C(=O)N[C@H](C(=O)N[C@@H](Cc1cnc[nH]1)C(=O)N[C@@H](Cc1cnc[nH]1)C(=O)N[C@@H](CCCNC(=N)N)C(=O)N1CCC[C@H]1C(=O)N[C@@H](Cc1cnc[nH]1)C(=O)N[C@H](C(=O)N[C@@H](CCC(=O)O)C(=O)N[C@@H](CO)C(=O)N[C@@H](CCC(N)=O)C(=O)O)C(C)C)C(C)C)C(C)C. The number of aliphatic carboxylic acids is 2. The van der Waals surface area contributed by atoms with Crippen LogP contribution in [0, 0.1) is 39.9 Å². The Labute approximate surface area is 779 Å². The minimum absolute atomic E-state index is 0.0110. The van der Waals surface area contributed by atoms with Crippen molar-refractivity contribution in [2.45, 2.75) is 255 Å². The zero-order chi connectivity index (χ0) is 100. The molecule has 0 spiro atoms. The van der Waals surface area contributed by atoms with E-state index in [9.17, 15) is 72.9 Å². The number of nitrogens with one attached hydrogen (secondary N) is 22. The number of hydrogen-bond donors (Lipinski definition) is 30. The second kappa shape index (κ2) is 56.4. The third-order valence-electron chi connectivity index (χ3n) is 21.6. The minimum Gasteiger partial charge on any atom is -0.481 e. The van der Waals surface area contributed by atoms with E-state index in [1.807, 2.05) is 13.8 Å². The fraction of sp³-hybridized carbons (Fsp3) is 0.583. The van der Waals surface area contributed by atoms with Crippen LogP contribution in [0.25, 0.3) is 0 Å². The summed E-state index contributed by atoms with van der Waals surface area (Å²) in [5.74, 6) is -20.5. The van der Waals surface area contributed by atoms with E-state index in [4.69, 9.17) is 44.9 Å². The van der Waals surface area contributed by atoms with Crippen LogP contribution in [0.5, 0.6) is 0 Å². The van der Waals surface area contributed by atoms with Crippen molar-refractivity contribution < 1.29 is 96.8 Å². The molecular weight excluding hydrogens is 1760 g/mol. The normalized spacial score (nSPS) is 15.5. The first kappa shape index (κ1) is 111. The number of benzene rings is 1. The van der Waals surface area contributed by atoms with Gasteiger partial charge in [0.1, 0.15) is 84.6 Å². The lowest BCUT2D eigenvalue weighted by Gasteiger charge is -2.31. The lowest BCUT2D eigenvalue weighted by Crippen LogP contribution is -2.62. The molecule has 1 fully saturated rings. The number of likely N-dealkylation sites (tertiary alicyclic amines) is 1. The molecule has 1 saturated heterocycles. The van der Waals surface area contributed by atoms with Crippen molar-refractivity contribution in [3.05, 3.63) is 90.5 Å². The third-order valence-corrected chi connectivity index (χ3v) is 21.6. The van der Waals surface area contributed by atoms with Gasteiger partial charge in [0.25, 0.3) is 0 Å². The summed E-state index contributed by atoms with van der Waals surface area (Å²) in [5, 5.41) is 94.2. The Kier molecular flexibility index (Phi) is 46.4. The molecule has 5 rings (SSSR count). The summed E-state index contributed by atoms with van der Waals surface area (Å²) >= 11 is 0. The summed E-state index contributed by atoms with van der Waals surface area (Å²) in [6.07, 6.45) is 4.68. The lowest BCUT2D eigenvalue weighted by atomic mass is 9.99. The molecule has 4 heterocycles. The second-order valence-electron chi connectivity index (χ2n) is 34.2. The molecule has 15 atom stereocenters. The van der Waals surface area contributed by atoms with Crippen molar-refractivity contribution in [2.24, 2.45) is 52.3 Å². The maximum Gasteiger partial charge on any atom is 0.326 e. The van der Waals surface area contributed by atoms with E-state index >= 15 is 24.0 Å². The largest absolute Gasteiger partial charge is 0.481 e. The Morgan fingerprint density at radius 2 is 0.763 bits per heavy atom. The van der Waals surface area contributed by atoms with Gasteiger partial charge in [0.2, 0.25) is 88.6 Å². The Hall–Kier alpha value is -14.4. The molecule has 1 aliphatic heterocycles. The summed E-state index contributed by atoms with van der Waals surface area (Å²) in [6.45, 7) is 12.1. The van der Waals surface area contributed by atoms with Crippen LogP contribution < -0.4 is 114 Å². The van der Waals surface area contributed by atoms with Crippen LogP contribution in [0.2, 0.25) is 0 Å². The van der Waals surface area contributed by atoms with E-state index in [0.717, 1.165) is 0 Å². The molecule has 15 amide bonds. The second-order valence-corrected chi connectivity index (χ2v) is 34.2. The first-order valence-corrected chi connectivity index (χ1v) is 44.4. The number of primary amides is 1. The Morgan fingerprint density at radius 3 is 1.15 bits per heavy atom. The first-order chi connectivity index (χ1) is 63.9. The standard InChI is InChI=1S/C84H133N31O20/c1-42(2)30-50(85)67(120)112-64(43(3)4)77(130)103-52(19-13-27-97-83(89)90)68(121)102-51(18-12-26-96-82(87)88)69(122)107-56(31-46-16-10-9-11-17-46)73(126)113-66(45(7)8)79(132)110-58(33-48-36-94-40-100-48)72(125)108-57(32-47-35-93-39-99-47)71(124)105-54(20-14-28-98-84(91)92)80(133)115-29-15-21-61(115)76(129)109-59(34-49-37-95-41-101-49)74(127)114-65(44(5)6)78(131)104-53(23-25-63(118)119)70(123)111-60(38-116)75(128)106-55(81(134)135)22-24-62(86)117/h9-11,16-17,35-37,39-45,50-61,64-66,116H,12-15,18-34,38,85H2,1-8H3,(H2,86,117)(H,93,99)(H,94,100)(H,95,101)(H,102,121)(H,103,130)(H,104,131)(H,105,124)(H,106,128)(H,107,122)(H,108,125)(H,109,129)(H,110,132)(H,111,123)(H,112,120)(H,113,126)(H,114,127)(H,118,119)(H,134,135)(H4,87,88,96)(H4,89,90,97)(H4,91,92,98)/t50-,51-,52-,53-,54-,55-,56-,57-,58-,59-,60-,61-,64-,65-,66-/m0/s1. The zero-order valence-electron chi connectivity index (χ0n) is 76.8. The average Bonchev–Trinajstić information content (AvgIpc) is 1.70. The summed E-state index contributed by atoms with van der Waals surface area (Å²) in [6, 6.07) is -14.4. The van der Waals surface area contributed by atoms with Gasteiger partial charge in [-0.2, -0.15) is 0 Å². The summed E-state index contributed by atoms with van der Waals surface area (Å²) in [7, 11) is 0. The van der Waals surface area contributed by atoms with Crippen molar-refractivity contribution in [3.63, 3.8) is 0 Å². The number of imidazole rings is 3. The van der Waals surface area contributed by atoms with Crippen LogP contribution in [0.15, 0.2) is 67.9 Å². The Balaban J connectivity index is 1.44. The van der Waals surface area contributed by atoms with E-state index in [-0.39, 0.29) is 132 Å². The van der Waals surface area contributed by atoms with Gasteiger partial charge < -0.3 is 149 Å². The zero-order valence-corrected chi connectivity index (χ0v) is 76.8. The fourth-order valence-electron chi connectivity index (χ4n) is 14.4. The van der Waals surface area contributed by atoms with Crippen LogP contribution in [0.4, 0.5) is 0 Å². The molecular formula is C84H133N31O20. The van der Waals surface area contributed by atoms with E-state index < -0.39 is 253 Å².